The van der Waals surface area contributed by atoms with Crippen molar-refractivity contribution in [3.05, 3.63) is 0 Å². The lowest BCUT2D eigenvalue weighted by Gasteiger charge is -2.16. The normalized spacial score (nSPS) is 12.6. The Kier molecular flexibility index (Phi) is 8.82. The second-order valence-corrected chi connectivity index (χ2v) is 6.77. The van der Waals surface area contributed by atoms with Crippen LogP contribution in [-0.4, -0.2) is 16.1 Å². The molecule has 0 spiro atoms. The maximum Gasteiger partial charge on any atom is 0.192 e. The Morgan fingerprint density at radius 3 is 2.41 bits per heavy atom. The van der Waals surface area contributed by atoms with Gasteiger partial charge >= 0.3 is 0 Å². The summed E-state index contributed by atoms with van der Waals surface area (Å²) in [6.45, 7) is 9.21. The van der Waals surface area contributed by atoms with E-state index >= 15 is 0 Å². The number of nitrogens with zero attached hydrogens (tertiary/aromatic N) is 1. The van der Waals surface area contributed by atoms with Gasteiger partial charge in [-0.2, -0.15) is 0 Å². The molecule has 0 bridgehead atoms. The largest absolute Gasteiger partial charge is 0.396 e. The molecular formula is C13H24INO2. The van der Waals surface area contributed by atoms with E-state index in [1.807, 2.05) is 29.5 Å². The summed E-state index contributed by atoms with van der Waals surface area (Å²) in [5.41, 5.74) is 1.30. The zero-order valence-corrected chi connectivity index (χ0v) is 13.5. The predicted molar refractivity (Wildman–Crippen MR) is 80.6 cm³/mol. The lowest BCUT2D eigenvalue weighted by Crippen LogP contribution is -2.10. The molecule has 0 saturated carbocycles. The number of unbranched alkanes of at least 4 members (excludes halogenated alkanes) is 2. The molecule has 0 radical (unpaired) electrons. The van der Waals surface area contributed by atoms with Gasteiger partial charge in [-0.15, -0.1) is 0 Å². The molecule has 0 aromatic heterocycles. The number of rotatable bonds is 8. The van der Waals surface area contributed by atoms with Crippen molar-refractivity contribution in [2.24, 2.45) is 10.6 Å². The third kappa shape index (κ3) is 13.8. The van der Waals surface area contributed by atoms with Gasteiger partial charge in [-0.25, -0.2) is 0 Å². The number of hydrogen-bond donors (Lipinski definition) is 0. The summed E-state index contributed by atoms with van der Waals surface area (Å²) in [5.74, 6) is 0. The molecule has 0 saturated heterocycles. The number of carbonyl (C=O) groups excluding carboxylic acids is 1. The Hall–Kier alpha value is -0.130. The smallest absolute Gasteiger partial charge is 0.192 e. The quantitative estimate of drug-likeness (QED) is 0.214. The van der Waals surface area contributed by atoms with Crippen LogP contribution in [0.5, 0.6) is 0 Å². The van der Waals surface area contributed by atoms with Crippen LogP contribution in [0.15, 0.2) is 5.16 Å². The van der Waals surface area contributed by atoms with Crippen molar-refractivity contribution < 1.29 is 9.63 Å². The molecule has 0 aliphatic rings. The summed E-state index contributed by atoms with van der Waals surface area (Å²) < 4.78 is 0.238. The van der Waals surface area contributed by atoms with Gasteiger partial charge in [0, 0.05) is 6.42 Å². The van der Waals surface area contributed by atoms with Gasteiger partial charge in [0.15, 0.2) is 3.79 Å². The molecule has 0 atom stereocenters. The first kappa shape index (κ1) is 16.9. The number of oxime groups is 1. The second-order valence-electron chi connectivity index (χ2n) is 5.56. The van der Waals surface area contributed by atoms with E-state index in [-0.39, 0.29) is 9.20 Å². The van der Waals surface area contributed by atoms with Crippen LogP contribution in [-0.2, 0) is 9.63 Å². The fourth-order valence-electron chi connectivity index (χ4n) is 1.56. The molecular weight excluding hydrogens is 329 g/mol. The average Bonchev–Trinajstić information content (AvgIpc) is 2.12. The van der Waals surface area contributed by atoms with Gasteiger partial charge in [0.25, 0.3) is 0 Å². The molecule has 0 heterocycles. The molecule has 4 heteroatoms. The fraction of sp³-hybridized carbons (Fsp3) is 0.846. The van der Waals surface area contributed by atoms with Gasteiger partial charge in [0.05, 0.1) is 5.71 Å². The molecule has 0 amide bonds. The minimum absolute atomic E-state index is 0.238. The highest BCUT2D eigenvalue weighted by Gasteiger charge is 2.11. The molecule has 0 aromatic carbocycles. The fourth-order valence-corrected chi connectivity index (χ4v) is 1.94. The first-order valence-electron chi connectivity index (χ1n) is 6.15. The summed E-state index contributed by atoms with van der Waals surface area (Å²) in [6.07, 6.45) is 4.58. The van der Waals surface area contributed by atoms with E-state index in [4.69, 9.17) is 4.84 Å². The highest BCUT2D eigenvalue weighted by Crippen LogP contribution is 2.19. The molecule has 0 aliphatic carbocycles. The van der Waals surface area contributed by atoms with Gasteiger partial charge in [0.1, 0.15) is 6.61 Å². The molecule has 17 heavy (non-hydrogen) atoms. The number of carbonyl (C=O) groups is 1. The highest BCUT2D eigenvalue weighted by atomic mass is 127. The van der Waals surface area contributed by atoms with Crippen LogP contribution in [0.2, 0.25) is 0 Å². The van der Waals surface area contributed by atoms with Crippen molar-refractivity contribution in [1.82, 2.24) is 0 Å². The molecule has 3 nitrogen and oxygen atoms in total. The zero-order chi connectivity index (χ0) is 13.3. The van der Waals surface area contributed by atoms with E-state index in [9.17, 15) is 4.79 Å². The van der Waals surface area contributed by atoms with Gasteiger partial charge in [-0.05, 0) is 60.6 Å². The minimum atomic E-state index is 0.238. The molecule has 0 rings (SSSR count). The topological polar surface area (TPSA) is 38.7 Å². The standard InChI is InChI=1S/C13H24INO2/c1-11(10-13(2,3)4)15-17-9-7-5-6-8-12(14)16/h5-10H2,1-4H3/b15-11+. The molecule has 0 unspecified atom stereocenters. The third-order valence-electron chi connectivity index (χ3n) is 2.12. The van der Waals surface area contributed by atoms with Crippen LogP contribution in [0.25, 0.3) is 0 Å². The Morgan fingerprint density at radius 2 is 1.88 bits per heavy atom. The van der Waals surface area contributed by atoms with Crippen LogP contribution in [0, 0.1) is 5.41 Å². The van der Waals surface area contributed by atoms with Crippen molar-refractivity contribution in [3.63, 3.8) is 0 Å². The highest BCUT2D eigenvalue weighted by molar-refractivity contribution is 14.1. The summed E-state index contributed by atoms with van der Waals surface area (Å²) >= 11 is 1.84. The maximum absolute atomic E-state index is 10.7. The van der Waals surface area contributed by atoms with E-state index < -0.39 is 0 Å². The molecule has 100 valence electrons. The van der Waals surface area contributed by atoms with Gasteiger partial charge in [-0.1, -0.05) is 25.9 Å². The van der Waals surface area contributed by atoms with E-state index in [1.54, 1.807) is 0 Å². The SMILES string of the molecule is C/C(CC(C)(C)C)=N\OCCCCCC(=O)I. The predicted octanol–water partition coefficient (Wildman–Crippen LogP) is 4.34. The van der Waals surface area contributed by atoms with Gasteiger partial charge < -0.3 is 4.84 Å². The Labute approximate surface area is 119 Å². The van der Waals surface area contributed by atoms with E-state index in [1.165, 1.54) is 0 Å². The van der Waals surface area contributed by atoms with Crippen molar-refractivity contribution >= 4 is 32.1 Å². The first-order chi connectivity index (χ1) is 7.81. The van der Waals surface area contributed by atoms with Crippen LogP contribution >= 0.6 is 22.6 Å². The van der Waals surface area contributed by atoms with Crippen molar-refractivity contribution in [2.75, 3.05) is 6.61 Å². The van der Waals surface area contributed by atoms with Crippen molar-refractivity contribution in [2.45, 2.75) is 59.8 Å². The first-order valence-corrected chi connectivity index (χ1v) is 7.23. The molecule has 0 N–H and O–H groups in total. The lowest BCUT2D eigenvalue weighted by atomic mass is 9.90. The van der Waals surface area contributed by atoms with E-state index in [0.717, 1.165) is 31.4 Å². The van der Waals surface area contributed by atoms with Crippen molar-refractivity contribution in [1.29, 1.82) is 0 Å². The second kappa shape index (κ2) is 8.89. The van der Waals surface area contributed by atoms with Crippen LogP contribution in [0.4, 0.5) is 0 Å². The summed E-state index contributed by atoms with van der Waals surface area (Å²) in [6, 6.07) is 0. The van der Waals surface area contributed by atoms with Crippen LogP contribution in [0.1, 0.15) is 59.8 Å². The van der Waals surface area contributed by atoms with Crippen LogP contribution in [0.3, 0.4) is 0 Å². The summed E-state index contributed by atoms with van der Waals surface area (Å²) in [7, 11) is 0. The van der Waals surface area contributed by atoms with E-state index in [0.29, 0.717) is 13.0 Å². The zero-order valence-electron chi connectivity index (χ0n) is 11.4. The minimum Gasteiger partial charge on any atom is -0.396 e. The Morgan fingerprint density at radius 1 is 1.24 bits per heavy atom. The monoisotopic (exact) mass is 353 g/mol. The van der Waals surface area contributed by atoms with Crippen LogP contribution < -0.4 is 0 Å². The lowest BCUT2D eigenvalue weighted by molar-refractivity contribution is -0.109. The maximum atomic E-state index is 10.7. The Bertz CT molecular complexity index is 257. The number of hydrogen-bond acceptors (Lipinski definition) is 3. The Balaban J connectivity index is 3.50. The summed E-state index contributed by atoms with van der Waals surface area (Å²) in [4.78, 5) is 15.9. The summed E-state index contributed by atoms with van der Waals surface area (Å²) in [5, 5.41) is 4.09. The van der Waals surface area contributed by atoms with Gasteiger partial charge in [0.2, 0.25) is 0 Å². The number of halogens is 1. The molecule has 0 aromatic rings. The molecule has 0 aliphatic heterocycles. The van der Waals surface area contributed by atoms with E-state index in [2.05, 4.69) is 25.9 Å². The third-order valence-corrected chi connectivity index (χ3v) is 2.65. The van der Waals surface area contributed by atoms with Gasteiger partial charge in [-0.3, -0.25) is 4.79 Å². The van der Waals surface area contributed by atoms with Crippen molar-refractivity contribution in [3.8, 4) is 0 Å². The molecule has 0 fully saturated rings. The average molecular weight is 353 g/mol.